The first kappa shape index (κ1) is 14.9. The van der Waals surface area contributed by atoms with Crippen molar-refractivity contribution >= 4 is 16.7 Å². The van der Waals surface area contributed by atoms with E-state index < -0.39 is 0 Å². The number of nitrogens with zero attached hydrogens (tertiary/aromatic N) is 3. The van der Waals surface area contributed by atoms with Crippen LogP contribution < -0.4 is 5.73 Å². The van der Waals surface area contributed by atoms with Crippen LogP contribution in [0.15, 0.2) is 18.2 Å². The van der Waals surface area contributed by atoms with Crippen LogP contribution in [-0.2, 0) is 6.42 Å². The highest BCUT2D eigenvalue weighted by Crippen LogP contribution is 2.24. The van der Waals surface area contributed by atoms with Gasteiger partial charge in [-0.3, -0.25) is 0 Å². The molecule has 0 bridgehead atoms. The summed E-state index contributed by atoms with van der Waals surface area (Å²) < 4.78 is 2.37. The Morgan fingerprint density at radius 3 is 2.55 bits per heavy atom. The summed E-state index contributed by atoms with van der Waals surface area (Å²) in [6.45, 7) is 12.1. The summed E-state index contributed by atoms with van der Waals surface area (Å²) in [6, 6.07) is 6.44. The number of benzene rings is 1. The van der Waals surface area contributed by atoms with Crippen molar-refractivity contribution in [1.29, 1.82) is 0 Å². The average Bonchev–Trinajstić information content (AvgIpc) is 2.81. The predicted molar refractivity (Wildman–Crippen MR) is 86.0 cm³/mol. The molecule has 0 fully saturated rings. The Hall–Kier alpha value is -1.55. The first-order valence-corrected chi connectivity index (χ1v) is 7.59. The predicted octanol–water partition coefficient (Wildman–Crippen LogP) is 3.08. The summed E-state index contributed by atoms with van der Waals surface area (Å²) >= 11 is 0. The lowest BCUT2D eigenvalue weighted by Crippen LogP contribution is -2.30. The van der Waals surface area contributed by atoms with Crippen molar-refractivity contribution < 1.29 is 0 Å². The van der Waals surface area contributed by atoms with Gasteiger partial charge in [-0.2, -0.15) is 0 Å². The second-order valence-corrected chi connectivity index (χ2v) is 5.33. The maximum absolute atomic E-state index is 5.87. The second kappa shape index (κ2) is 6.27. The number of rotatable bonds is 6. The molecule has 0 saturated carbocycles. The maximum Gasteiger partial charge on any atom is 0.109 e. The van der Waals surface area contributed by atoms with Gasteiger partial charge in [0.2, 0.25) is 0 Å². The van der Waals surface area contributed by atoms with Gasteiger partial charge in [-0.25, -0.2) is 4.98 Å². The van der Waals surface area contributed by atoms with Crippen molar-refractivity contribution in [1.82, 2.24) is 14.5 Å². The van der Waals surface area contributed by atoms with Gasteiger partial charge in [0, 0.05) is 24.7 Å². The van der Waals surface area contributed by atoms with Gasteiger partial charge < -0.3 is 15.2 Å². The van der Waals surface area contributed by atoms with Crippen LogP contribution in [0.1, 0.15) is 39.6 Å². The van der Waals surface area contributed by atoms with Crippen LogP contribution in [0.25, 0.3) is 11.0 Å². The van der Waals surface area contributed by atoms with Gasteiger partial charge in [0.1, 0.15) is 5.82 Å². The monoisotopic (exact) mass is 274 g/mol. The highest BCUT2D eigenvalue weighted by atomic mass is 15.2. The summed E-state index contributed by atoms with van der Waals surface area (Å²) in [5, 5.41) is 0. The fourth-order valence-electron chi connectivity index (χ4n) is 2.84. The van der Waals surface area contributed by atoms with Crippen LogP contribution in [0.5, 0.6) is 0 Å². The summed E-state index contributed by atoms with van der Waals surface area (Å²) in [6.07, 6.45) is 0.942. The van der Waals surface area contributed by atoms with Gasteiger partial charge in [0.05, 0.1) is 11.0 Å². The number of anilines is 1. The molecule has 0 aliphatic rings. The summed E-state index contributed by atoms with van der Waals surface area (Å²) in [5.41, 5.74) is 8.84. The molecule has 2 N–H and O–H groups in total. The number of nitrogen functional groups attached to an aromatic ring is 1. The molecule has 20 heavy (non-hydrogen) atoms. The van der Waals surface area contributed by atoms with E-state index in [1.807, 2.05) is 12.1 Å². The van der Waals surface area contributed by atoms with E-state index in [1.54, 1.807) is 0 Å². The third kappa shape index (κ3) is 2.80. The van der Waals surface area contributed by atoms with Crippen molar-refractivity contribution in [3.63, 3.8) is 0 Å². The maximum atomic E-state index is 5.87. The van der Waals surface area contributed by atoms with E-state index in [9.17, 15) is 0 Å². The first-order chi connectivity index (χ1) is 9.60. The zero-order valence-electron chi connectivity index (χ0n) is 13.1. The fourth-order valence-corrected chi connectivity index (χ4v) is 2.84. The SMILES string of the molecule is CCc1nc2cc(N)ccc2n1C(C)CN(CC)CC. The zero-order valence-corrected chi connectivity index (χ0v) is 13.1. The smallest absolute Gasteiger partial charge is 0.109 e. The number of nitrogens with two attached hydrogens (primary N) is 1. The number of hydrogen-bond acceptors (Lipinski definition) is 3. The number of aryl methyl sites for hydroxylation is 1. The molecule has 0 aliphatic heterocycles. The van der Waals surface area contributed by atoms with E-state index >= 15 is 0 Å². The Labute approximate surface area is 121 Å². The molecule has 0 aliphatic carbocycles. The van der Waals surface area contributed by atoms with E-state index in [1.165, 1.54) is 5.52 Å². The van der Waals surface area contributed by atoms with Crippen molar-refractivity contribution in [3.8, 4) is 0 Å². The molecular formula is C16H26N4. The van der Waals surface area contributed by atoms with Gasteiger partial charge in [-0.1, -0.05) is 20.8 Å². The molecule has 1 heterocycles. The highest BCUT2D eigenvalue weighted by Gasteiger charge is 2.16. The normalized spacial score (nSPS) is 13.2. The Kier molecular flexibility index (Phi) is 4.65. The molecule has 110 valence electrons. The summed E-state index contributed by atoms with van der Waals surface area (Å²) in [4.78, 5) is 7.19. The number of aromatic nitrogens is 2. The van der Waals surface area contributed by atoms with E-state index in [2.05, 4.69) is 43.2 Å². The number of hydrogen-bond donors (Lipinski definition) is 1. The molecule has 1 aromatic carbocycles. The van der Waals surface area contributed by atoms with Crippen molar-refractivity contribution in [2.24, 2.45) is 0 Å². The van der Waals surface area contributed by atoms with Crippen LogP contribution >= 0.6 is 0 Å². The van der Waals surface area contributed by atoms with Crippen molar-refractivity contribution in [2.45, 2.75) is 40.2 Å². The molecule has 1 atom stereocenters. The summed E-state index contributed by atoms with van der Waals surface area (Å²) in [5.74, 6) is 1.14. The van der Waals surface area contributed by atoms with E-state index in [0.717, 1.165) is 43.1 Å². The minimum Gasteiger partial charge on any atom is -0.399 e. The molecule has 0 radical (unpaired) electrons. The second-order valence-electron chi connectivity index (χ2n) is 5.33. The number of fused-ring (bicyclic) bond motifs is 1. The molecule has 4 nitrogen and oxygen atoms in total. The van der Waals surface area contributed by atoms with E-state index in [4.69, 9.17) is 10.7 Å². The number of likely N-dealkylation sites (N-methyl/N-ethyl adjacent to an activating group) is 1. The fraction of sp³-hybridized carbons (Fsp3) is 0.562. The number of imidazole rings is 1. The molecule has 2 aromatic rings. The molecule has 0 amide bonds. The lowest BCUT2D eigenvalue weighted by molar-refractivity contribution is 0.261. The molecular weight excluding hydrogens is 248 g/mol. The average molecular weight is 274 g/mol. The Morgan fingerprint density at radius 2 is 1.95 bits per heavy atom. The molecule has 2 rings (SSSR count). The Morgan fingerprint density at radius 1 is 1.25 bits per heavy atom. The van der Waals surface area contributed by atoms with Crippen molar-refractivity contribution in [3.05, 3.63) is 24.0 Å². The van der Waals surface area contributed by atoms with Crippen LogP contribution in [0.2, 0.25) is 0 Å². The third-order valence-corrected chi connectivity index (χ3v) is 3.96. The third-order valence-electron chi connectivity index (χ3n) is 3.96. The Bertz CT molecular complexity index is 569. The van der Waals surface area contributed by atoms with Gasteiger partial charge >= 0.3 is 0 Å². The van der Waals surface area contributed by atoms with Gasteiger partial charge in [0.15, 0.2) is 0 Å². The molecule has 0 saturated heterocycles. The van der Waals surface area contributed by atoms with Crippen LogP contribution in [0.3, 0.4) is 0 Å². The molecule has 0 spiro atoms. The van der Waals surface area contributed by atoms with E-state index in [-0.39, 0.29) is 0 Å². The molecule has 4 heteroatoms. The highest BCUT2D eigenvalue weighted by molar-refractivity contribution is 5.79. The van der Waals surface area contributed by atoms with Crippen LogP contribution in [0, 0.1) is 0 Å². The largest absolute Gasteiger partial charge is 0.399 e. The van der Waals surface area contributed by atoms with Crippen molar-refractivity contribution in [2.75, 3.05) is 25.4 Å². The van der Waals surface area contributed by atoms with E-state index in [0.29, 0.717) is 6.04 Å². The molecule has 1 aromatic heterocycles. The van der Waals surface area contributed by atoms with Crippen LogP contribution in [0.4, 0.5) is 5.69 Å². The minimum absolute atomic E-state index is 0.415. The quantitative estimate of drug-likeness (QED) is 0.823. The first-order valence-electron chi connectivity index (χ1n) is 7.59. The topological polar surface area (TPSA) is 47.1 Å². The van der Waals surface area contributed by atoms with Crippen LogP contribution in [-0.4, -0.2) is 34.1 Å². The lowest BCUT2D eigenvalue weighted by Gasteiger charge is -2.25. The molecule has 1 unspecified atom stereocenters. The Balaban J connectivity index is 2.41. The lowest BCUT2D eigenvalue weighted by atomic mass is 10.2. The minimum atomic E-state index is 0.415. The van der Waals surface area contributed by atoms with Gasteiger partial charge in [-0.05, 0) is 38.2 Å². The standard InChI is InChI=1S/C16H26N4/c1-5-16-18-14-10-13(17)8-9-15(14)20(16)12(4)11-19(6-2)7-3/h8-10,12H,5-7,11,17H2,1-4H3. The zero-order chi connectivity index (χ0) is 14.7. The summed E-state index contributed by atoms with van der Waals surface area (Å²) in [7, 11) is 0. The van der Waals surface area contributed by atoms with Gasteiger partial charge in [-0.15, -0.1) is 0 Å². The van der Waals surface area contributed by atoms with Gasteiger partial charge in [0.25, 0.3) is 0 Å².